The molecule has 1 heterocycles. The zero-order valence-electron chi connectivity index (χ0n) is 8.48. The molecule has 6 nitrogen and oxygen atoms in total. The van der Waals surface area contributed by atoms with Crippen molar-refractivity contribution >= 4 is 16.2 Å². The monoisotopic (exact) mass is 277 g/mol. The number of rotatable bonds is 2. The molecule has 1 fully saturated rings. The van der Waals surface area contributed by atoms with Gasteiger partial charge in [0.1, 0.15) is 0 Å². The fourth-order valence-corrected chi connectivity index (χ4v) is 2.04. The Labute approximate surface area is 95.1 Å². The number of carboxylic acid groups (broad SMARTS) is 1. The van der Waals surface area contributed by atoms with Crippen LogP contribution >= 0.6 is 0 Å². The molecule has 0 spiro atoms. The summed E-state index contributed by atoms with van der Waals surface area (Å²) >= 11 is 0. The topological polar surface area (TPSA) is 83.9 Å². The first-order valence-corrected chi connectivity index (χ1v) is 6.02. The van der Waals surface area contributed by atoms with E-state index < -0.39 is 27.8 Å². The second-order valence-electron chi connectivity index (χ2n) is 3.47. The number of carbonyl (C=O) groups is 1. The van der Waals surface area contributed by atoms with Crippen LogP contribution in [-0.4, -0.2) is 49.2 Å². The molecule has 0 aromatic rings. The Balaban J connectivity index is 2.55. The van der Waals surface area contributed by atoms with Crippen LogP contribution in [0.1, 0.15) is 12.8 Å². The summed E-state index contributed by atoms with van der Waals surface area (Å²) in [5.74, 6) is 0. The van der Waals surface area contributed by atoms with Gasteiger partial charge in [-0.05, 0) is 12.8 Å². The van der Waals surface area contributed by atoms with Crippen molar-refractivity contribution in [3.63, 3.8) is 0 Å². The zero-order chi connectivity index (χ0) is 13.3. The normalized spacial score (nSPS) is 19.4. The van der Waals surface area contributed by atoms with E-state index in [1.807, 2.05) is 0 Å². The molecule has 0 aromatic heterocycles. The van der Waals surface area contributed by atoms with Crippen LogP contribution in [-0.2, 0) is 14.3 Å². The summed E-state index contributed by atoms with van der Waals surface area (Å²) in [6, 6.07) is 0. The van der Waals surface area contributed by atoms with Crippen molar-refractivity contribution in [1.82, 2.24) is 4.90 Å². The summed E-state index contributed by atoms with van der Waals surface area (Å²) < 4.78 is 61.2. The highest BCUT2D eigenvalue weighted by atomic mass is 32.2. The third-order valence-corrected chi connectivity index (χ3v) is 3.35. The number of amides is 1. The molecule has 0 bridgehead atoms. The van der Waals surface area contributed by atoms with Crippen molar-refractivity contribution in [2.75, 3.05) is 13.1 Å². The quantitative estimate of drug-likeness (QED) is 0.601. The van der Waals surface area contributed by atoms with Gasteiger partial charge in [0.25, 0.3) is 0 Å². The number of halogens is 3. The Morgan fingerprint density at radius 1 is 1.29 bits per heavy atom. The van der Waals surface area contributed by atoms with E-state index in [1.165, 1.54) is 0 Å². The second kappa shape index (κ2) is 4.69. The first kappa shape index (κ1) is 14.0. The number of alkyl halides is 3. The van der Waals surface area contributed by atoms with Crippen molar-refractivity contribution in [2.24, 2.45) is 0 Å². The van der Waals surface area contributed by atoms with Crippen LogP contribution in [0.2, 0.25) is 0 Å². The largest absolute Gasteiger partial charge is 0.523 e. The van der Waals surface area contributed by atoms with E-state index in [0.29, 0.717) is 0 Å². The van der Waals surface area contributed by atoms with E-state index in [4.69, 9.17) is 5.11 Å². The van der Waals surface area contributed by atoms with Crippen LogP contribution in [0.15, 0.2) is 0 Å². The van der Waals surface area contributed by atoms with Crippen LogP contribution in [0.25, 0.3) is 0 Å². The minimum Gasteiger partial charge on any atom is -0.465 e. The molecule has 1 N–H and O–H groups in total. The zero-order valence-corrected chi connectivity index (χ0v) is 9.29. The summed E-state index contributed by atoms with van der Waals surface area (Å²) in [4.78, 5) is 11.5. The average molecular weight is 277 g/mol. The van der Waals surface area contributed by atoms with Gasteiger partial charge < -0.3 is 10.0 Å². The molecule has 1 amide bonds. The third-order valence-electron chi connectivity index (χ3n) is 2.26. The number of piperidine rings is 1. The highest BCUT2D eigenvalue weighted by Gasteiger charge is 2.48. The van der Waals surface area contributed by atoms with Crippen LogP contribution in [0.4, 0.5) is 18.0 Å². The van der Waals surface area contributed by atoms with Crippen molar-refractivity contribution in [1.29, 1.82) is 0 Å². The predicted octanol–water partition coefficient (Wildman–Crippen LogP) is 0.995. The summed E-state index contributed by atoms with van der Waals surface area (Å²) in [5.41, 5.74) is -5.45. The number of likely N-dealkylation sites (tertiary alicyclic amines) is 1. The summed E-state index contributed by atoms with van der Waals surface area (Å²) in [6.07, 6.45) is -2.48. The molecular weight excluding hydrogens is 267 g/mol. The van der Waals surface area contributed by atoms with Crippen LogP contribution in [0.3, 0.4) is 0 Å². The van der Waals surface area contributed by atoms with Crippen molar-refractivity contribution in [3.05, 3.63) is 0 Å². The maximum atomic E-state index is 12.0. The van der Waals surface area contributed by atoms with E-state index in [1.54, 1.807) is 0 Å². The molecule has 1 saturated heterocycles. The lowest BCUT2D eigenvalue weighted by atomic mass is 10.1. The smallest absolute Gasteiger partial charge is 0.465 e. The van der Waals surface area contributed by atoms with Gasteiger partial charge >= 0.3 is 21.7 Å². The van der Waals surface area contributed by atoms with Gasteiger partial charge in [0.05, 0.1) is 6.10 Å². The highest BCUT2D eigenvalue weighted by Crippen LogP contribution is 2.28. The van der Waals surface area contributed by atoms with Gasteiger partial charge in [-0.3, -0.25) is 4.18 Å². The van der Waals surface area contributed by atoms with E-state index in [0.717, 1.165) is 4.90 Å². The van der Waals surface area contributed by atoms with Gasteiger partial charge in [-0.1, -0.05) is 0 Å². The second-order valence-corrected chi connectivity index (χ2v) is 5.03. The number of nitrogens with zero attached hydrogens (tertiary/aromatic N) is 1. The van der Waals surface area contributed by atoms with Gasteiger partial charge in [-0.25, -0.2) is 4.79 Å². The molecule has 0 radical (unpaired) electrons. The first-order valence-electron chi connectivity index (χ1n) is 4.61. The van der Waals surface area contributed by atoms with Crippen molar-refractivity contribution in [3.8, 4) is 0 Å². The summed E-state index contributed by atoms with van der Waals surface area (Å²) in [7, 11) is -5.60. The fourth-order valence-electron chi connectivity index (χ4n) is 1.38. The molecule has 17 heavy (non-hydrogen) atoms. The van der Waals surface area contributed by atoms with Crippen molar-refractivity contribution in [2.45, 2.75) is 24.5 Å². The molecule has 1 aliphatic heterocycles. The Morgan fingerprint density at radius 2 is 1.76 bits per heavy atom. The molecule has 0 atom stereocenters. The lowest BCUT2D eigenvalue weighted by Crippen LogP contribution is -2.42. The van der Waals surface area contributed by atoms with Crippen LogP contribution in [0, 0.1) is 0 Å². The predicted molar refractivity (Wildman–Crippen MR) is 48.7 cm³/mol. The highest BCUT2D eigenvalue weighted by molar-refractivity contribution is 7.87. The first-order chi connectivity index (χ1) is 7.63. The molecule has 100 valence electrons. The molecule has 0 aromatic carbocycles. The lowest BCUT2D eigenvalue weighted by Gasteiger charge is -2.29. The van der Waals surface area contributed by atoms with E-state index in [2.05, 4.69) is 4.18 Å². The Hall–Kier alpha value is -1.03. The van der Waals surface area contributed by atoms with E-state index in [9.17, 15) is 26.4 Å². The van der Waals surface area contributed by atoms with Gasteiger partial charge in [-0.2, -0.15) is 21.6 Å². The number of hydrogen-bond donors (Lipinski definition) is 1. The maximum absolute atomic E-state index is 12.0. The van der Waals surface area contributed by atoms with E-state index in [-0.39, 0.29) is 25.9 Å². The Kier molecular flexibility index (Phi) is 3.87. The molecule has 0 saturated carbocycles. The average Bonchev–Trinajstić information content (AvgIpc) is 2.16. The minimum atomic E-state index is -5.60. The van der Waals surface area contributed by atoms with Gasteiger partial charge in [0, 0.05) is 13.1 Å². The van der Waals surface area contributed by atoms with E-state index >= 15 is 0 Å². The molecule has 10 heteroatoms. The lowest BCUT2D eigenvalue weighted by molar-refractivity contribution is -0.0592. The molecule has 1 rings (SSSR count). The Morgan fingerprint density at radius 3 is 2.12 bits per heavy atom. The minimum absolute atomic E-state index is 0.0482. The molecule has 1 aliphatic rings. The van der Waals surface area contributed by atoms with Gasteiger partial charge in [0.15, 0.2) is 0 Å². The molecule has 0 unspecified atom stereocenters. The number of hydrogen-bond acceptors (Lipinski definition) is 4. The van der Waals surface area contributed by atoms with Crippen LogP contribution < -0.4 is 0 Å². The van der Waals surface area contributed by atoms with Crippen molar-refractivity contribution < 1.29 is 35.7 Å². The standard InChI is InChI=1S/C7H10F3NO5S/c8-7(9,10)17(14,15)16-5-1-3-11(4-2-5)6(12)13/h5H,1-4H2,(H,12,13). The molecule has 0 aliphatic carbocycles. The van der Waals surface area contributed by atoms with Crippen LogP contribution in [0.5, 0.6) is 0 Å². The summed E-state index contributed by atoms with van der Waals surface area (Å²) in [6.45, 7) is -0.0965. The Bertz CT molecular complexity index is 385. The third kappa shape index (κ3) is 3.46. The fraction of sp³-hybridized carbons (Fsp3) is 0.857. The molecular formula is C7H10F3NO5S. The van der Waals surface area contributed by atoms with Gasteiger partial charge in [-0.15, -0.1) is 0 Å². The SMILES string of the molecule is O=C(O)N1CCC(OS(=O)(=O)C(F)(F)F)CC1. The summed E-state index contributed by atoms with van der Waals surface area (Å²) in [5, 5.41) is 8.57. The van der Waals surface area contributed by atoms with Gasteiger partial charge in [0.2, 0.25) is 0 Å². The maximum Gasteiger partial charge on any atom is 0.523 e.